The Balaban J connectivity index is 2.19. The first kappa shape index (κ1) is 16.7. The number of rotatable bonds is 5. The molecule has 1 atom stereocenters. The SMILES string of the molecule is CCC(C(=O)O)N1C(=O)NC(c2ccccc2)(c2ccccc2)C1=O. The second-order valence-electron chi connectivity index (χ2n) is 5.85. The largest absolute Gasteiger partial charge is 0.480 e. The Morgan fingerprint density at radius 1 is 1.04 bits per heavy atom. The highest BCUT2D eigenvalue weighted by molar-refractivity contribution is 6.11. The normalized spacial score (nSPS) is 17.2. The summed E-state index contributed by atoms with van der Waals surface area (Å²) >= 11 is 0. The number of imide groups is 1. The van der Waals surface area contributed by atoms with E-state index in [9.17, 15) is 19.5 Å². The average Bonchev–Trinajstić information content (AvgIpc) is 2.89. The van der Waals surface area contributed by atoms with Crippen LogP contribution >= 0.6 is 0 Å². The molecule has 2 aromatic carbocycles. The van der Waals surface area contributed by atoms with Crippen LogP contribution in [0.5, 0.6) is 0 Å². The number of urea groups is 1. The summed E-state index contributed by atoms with van der Waals surface area (Å²) in [6.07, 6.45) is 0.133. The van der Waals surface area contributed by atoms with E-state index in [0.717, 1.165) is 4.90 Å². The van der Waals surface area contributed by atoms with Gasteiger partial charge in [-0.3, -0.25) is 4.79 Å². The lowest BCUT2D eigenvalue weighted by atomic mass is 9.82. The van der Waals surface area contributed by atoms with E-state index in [0.29, 0.717) is 11.1 Å². The molecular formula is C19H18N2O4. The van der Waals surface area contributed by atoms with Gasteiger partial charge < -0.3 is 10.4 Å². The van der Waals surface area contributed by atoms with Crippen molar-refractivity contribution in [3.05, 3.63) is 71.8 Å². The van der Waals surface area contributed by atoms with Gasteiger partial charge in [-0.2, -0.15) is 0 Å². The molecule has 0 bridgehead atoms. The van der Waals surface area contributed by atoms with Crippen molar-refractivity contribution in [2.24, 2.45) is 0 Å². The molecule has 6 nitrogen and oxygen atoms in total. The van der Waals surface area contributed by atoms with E-state index in [1.807, 2.05) is 12.1 Å². The van der Waals surface area contributed by atoms with Gasteiger partial charge in [0.2, 0.25) is 0 Å². The molecule has 1 fully saturated rings. The zero-order valence-corrected chi connectivity index (χ0v) is 13.7. The zero-order valence-electron chi connectivity index (χ0n) is 13.7. The number of hydrogen-bond acceptors (Lipinski definition) is 3. The number of aliphatic carboxylic acids is 1. The second-order valence-corrected chi connectivity index (χ2v) is 5.85. The van der Waals surface area contributed by atoms with E-state index in [2.05, 4.69) is 5.32 Å². The Hall–Kier alpha value is -3.15. The number of benzene rings is 2. The molecule has 1 aliphatic rings. The summed E-state index contributed by atoms with van der Waals surface area (Å²) < 4.78 is 0. The summed E-state index contributed by atoms with van der Waals surface area (Å²) in [6, 6.07) is 15.8. The molecule has 1 heterocycles. The minimum absolute atomic E-state index is 0.133. The molecule has 0 aliphatic carbocycles. The van der Waals surface area contributed by atoms with Gasteiger partial charge in [0.1, 0.15) is 6.04 Å². The number of nitrogens with zero attached hydrogens (tertiary/aromatic N) is 1. The number of carbonyl (C=O) groups is 3. The maximum absolute atomic E-state index is 13.3. The fourth-order valence-electron chi connectivity index (χ4n) is 3.23. The Bertz CT molecular complexity index is 765. The molecule has 3 rings (SSSR count). The quantitative estimate of drug-likeness (QED) is 0.819. The van der Waals surface area contributed by atoms with Crippen LogP contribution in [0.1, 0.15) is 24.5 Å². The predicted octanol–water partition coefficient (Wildman–Crippen LogP) is 2.35. The van der Waals surface area contributed by atoms with Gasteiger partial charge in [-0.15, -0.1) is 0 Å². The molecule has 2 N–H and O–H groups in total. The second kappa shape index (κ2) is 6.39. The van der Waals surface area contributed by atoms with Crippen LogP contribution in [-0.2, 0) is 15.1 Å². The molecule has 1 unspecified atom stereocenters. The summed E-state index contributed by atoms with van der Waals surface area (Å²) in [5, 5.41) is 12.2. The summed E-state index contributed by atoms with van der Waals surface area (Å²) in [5.41, 5.74) is -0.257. The third kappa shape index (κ3) is 2.55. The molecule has 0 radical (unpaired) electrons. The van der Waals surface area contributed by atoms with E-state index in [-0.39, 0.29) is 6.42 Å². The van der Waals surface area contributed by atoms with E-state index in [1.165, 1.54) is 0 Å². The van der Waals surface area contributed by atoms with Crippen molar-refractivity contribution in [2.75, 3.05) is 0 Å². The van der Waals surface area contributed by atoms with E-state index < -0.39 is 29.5 Å². The number of carboxylic acids is 1. The van der Waals surface area contributed by atoms with E-state index in [4.69, 9.17) is 0 Å². The van der Waals surface area contributed by atoms with Crippen LogP contribution in [0.2, 0.25) is 0 Å². The molecule has 25 heavy (non-hydrogen) atoms. The van der Waals surface area contributed by atoms with Crippen LogP contribution in [0.25, 0.3) is 0 Å². The Morgan fingerprint density at radius 2 is 1.52 bits per heavy atom. The zero-order chi connectivity index (χ0) is 18.0. The van der Waals surface area contributed by atoms with Gasteiger partial charge in [0, 0.05) is 0 Å². The summed E-state index contributed by atoms with van der Waals surface area (Å²) in [6.45, 7) is 1.63. The van der Waals surface area contributed by atoms with Gasteiger partial charge in [-0.05, 0) is 17.5 Å². The highest BCUT2D eigenvalue weighted by Crippen LogP contribution is 2.37. The lowest BCUT2D eigenvalue weighted by Crippen LogP contribution is -2.48. The lowest BCUT2D eigenvalue weighted by molar-refractivity contribution is -0.147. The third-order valence-electron chi connectivity index (χ3n) is 4.45. The minimum atomic E-state index is -1.43. The van der Waals surface area contributed by atoms with Crippen LogP contribution in [0, 0.1) is 0 Å². The average molecular weight is 338 g/mol. The Kier molecular flexibility index (Phi) is 4.27. The first-order valence-corrected chi connectivity index (χ1v) is 8.02. The van der Waals surface area contributed by atoms with Gasteiger partial charge in [0.25, 0.3) is 5.91 Å². The molecule has 0 aromatic heterocycles. The maximum atomic E-state index is 13.3. The van der Waals surface area contributed by atoms with Gasteiger partial charge in [-0.25, -0.2) is 14.5 Å². The summed E-state index contributed by atoms with van der Waals surface area (Å²) in [4.78, 5) is 38.2. The third-order valence-corrected chi connectivity index (χ3v) is 4.45. The van der Waals surface area contributed by atoms with Crippen LogP contribution in [0.4, 0.5) is 4.79 Å². The van der Waals surface area contributed by atoms with Gasteiger partial charge in [-0.1, -0.05) is 67.6 Å². The smallest absolute Gasteiger partial charge is 0.326 e. The van der Waals surface area contributed by atoms with Crippen molar-refractivity contribution in [1.29, 1.82) is 0 Å². The first-order valence-electron chi connectivity index (χ1n) is 8.02. The maximum Gasteiger partial charge on any atom is 0.326 e. The molecule has 1 aliphatic heterocycles. The molecular weight excluding hydrogens is 320 g/mol. The van der Waals surface area contributed by atoms with Gasteiger partial charge in [0.05, 0.1) is 0 Å². The van der Waals surface area contributed by atoms with Crippen LogP contribution in [0.15, 0.2) is 60.7 Å². The topological polar surface area (TPSA) is 86.7 Å². The van der Waals surface area contributed by atoms with Crippen molar-refractivity contribution in [2.45, 2.75) is 24.9 Å². The van der Waals surface area contributed by atoms with Crippen molar-refractivity contribution < 1.29 is 19.5 Å². The van der Waals surface area contributed by atoms with Crippen molar-refractivity contribution >= 4 is 17.9 Å². The number of carbonyl (C=O) groups excluding carboxylic acids is 2. The first-order chi connectivity index (χ1) is 12.0. The Labute approximate surface area is 145 Å². The number of hydrogen-bond donors (Lipinski definition) is 2. The van der Waals surface area contributed by atoms with Crippen LogP contribution in [0.3, 0.4) is 0 Å². The lowest BCUT2D eigenvalue weighted by Gasteiger charge is -2.28. The molecule has 2 aromatic rings. The standard InChI is InChI=1S/C19H18N2O4/c1-2-15(16(22)23)21-17(24)19(20-18(21)25,13-9-5-3-6-10-13)14-11-7-4-8-12-14/h3-12,15H,2H2,1H3,(H,20,25)(H,22,23). The number of carboxylic acid groups (broad SMARTS) is 1. The molecule has 6 heteroatoms. The summed E-state index contributed by atoms with van der Waals surface area (Å²) in [5.74, 6) is -1.79. The van der Waals surface area contributed by atoms with Crippen molar-refractivity contribution in [1.82, 2.24) is 10.2 Å². The summed E-state index contributed by atoms with van der Waals surface area (Å²) in [7, 11) is 0. The molecule has 128 valence electrons. The molecule has 1 saturated heterocycles. The van der Waals surface area contributed by atoms with E-state index >= 15 is 0 Å². The van der Waals surface area contributed by atoms with Crippen LogP contribution < -0.4 is 5.32 Å². The highest BCUT2D eigenvalue weighted by Gasteiger charge is 2.56. The predicted molar refractivity (Wildman–Crippen MR) is 90.8 cm³/mol. The number of nitrogens with one attached hydrogen (secondary N) is 1. The Morgan fingerprint density at radius 3 is 1.92 bits per heavy atom. The fourth-order valence-corrected chi connectivity index (χ4v) is 3.23. The molecule has 3 amide bonds. The van der Waals surface area contributed by atoms with E-state index in [1.54, 1.807) is 55.5 Å². The van der Waals surface area contributed by atoms with Crippen molar-refractivity contribution in [3.8, 4) is 0 Å². The highest BCUT2D eigenvalue weighted by atomic mass is 16.4. The van der Waals surface area contributed by atoms with Gasteiger partial charge in [0.15, 0.2) is 5.54 Å². The molecule has 0 spiro atoms. The van der Waals surface area contributed by atoms with Crippen molar-refractivity contribution in [3.63, 3.8) is 0 Å². The number of amides is 3. The fraction of sp³-hybridized carbons (Fsp3) is 0.211. The molecule has 0 saturated carbocycles. The van der Waals surface area contributed by atoms with Gasteiger partial charge >= 0.3 is 12.0 Å². The monoisotopic (exact) mass is 338 g/mol. The van der Waals surface area contributed by atoms with Crippen LogP contribution in [-0.4, -0.2) is 34.0 Å². The minimum Gasteiger partial charge on any atom is -0.480 e.